The van der Waals surface area contributed by atoms with Crippen LogP contribution in [-0.4, -0.2) is 32.9 Å². The van der Waals surface area contributed by atoms with Crippen LogP contribution in [0.15, 0.2) is 61.1 Å². The number of hydrogen-bond donors (Lipinski definition) is 1. The van der Waals surface area contributed by atoms with Gasteiger partial charge in [0.1, 0.15) is 11.5 Å². The number of fused-ring (bicyclic) bond motifs is 7. The molecule has 0 radical (unpaired) electrons. The van der Waals surface area contributed by atoms with Gasteiger partial charge < -0.3 is 19.5 Å². The number of aromatic nitrogens is 2. The van der Waals surface area contributed by atoms with Crippen LogP contribution in [-0.2, 0) is 24.4 Å². The Hall–Kier alpha value is -3.12. The van der Waals surface area contributed by atoms with Gasteiger partial charge in [0, 0.05) is 32.4 Å². The first-order valence-corrected chi connectivity index (χ1v) is 9.61. The van der Waals surface area contributed by atoms with Gasteiger partial charge in [0.25, 0.3) is 0 Å². The van der Waals surface area contributed by atoms with Crippen LogP contribution < -0.4 is 10.1 Å². The fourth-order valence-electron chi connectivity index (χ4n) is 3.92. The Bertz CT molecular complexity index is 1010. The van der Waals surface area contributed by atoms with Gasteiger partial charge in [0.05, 0.1) is 18.1 Å². The molecule has 1 atom stereocenters. The van der Waals surface area contributed by atoms with E-state index in [0.29, 0.717) is 19.6 Å². The molecule has 5 rings (SSSR count). The normalized spacial score (nSPS) is 19.2. The lowest BCUT2D eigenvalue weighted by Crippen LogP contribution is -2.38. The molecular formula is C22H22N4O2. The molecule has 0 saturated carbocycles. The Labute approximate surface area is 163 Å². The molecule has 0 unspecified atom stereocenters. The second kappa shape index (κ2) is 7.13. The van der Waals surface area contributed by atoms with Crippen LogP contribution in [0.1, 0.15) is 23.2 Å². The summed E-state index contributed by atoms with van der Waals surface area (Å²) >= 11 is 0. The van der Waals surface area contributed by atoms with Gasteiger partial charge in [-0.05, 0) is 41.8 Å². The maximum atomic E-state index is 12.8. The molecule has 6 nitrogen and oxygen atoms in total. The Kier molecular flexibility index (Phi) is 4.33. The molecule has 2 aromatic carbocycles. The number of amides is 1. The Morgan fingerprint density at radius 3 is 2.57 bits per heavy atom. The fraction of sp³-hybridized carbons (Fsp3) is 0.273. The standard InChI is InChI=1S/C22H22N4O2/c27-22-21-7-8-25(22)13-16-3-1-5-19(9-16)28-20-6-2-4-17(10-20)14-26-15-23-11-18(26)12-24-21/h1-6,9-11,15,21,24H,7-8,12-14H2/t21-/m1/s1. The van der Waals surface area contributed by atoms with Crippen molar-refractivity contribution in [3.63, 3.8) is 0 Å². The number of nitrogens with one attached hydrogen (secondary N) is 1. The van der Waals surface area contributed by atoms with E-state index < -0.39 is 0 Å². The third-order valence-corrected chi connectivity index (χ3v) is 5.38. The predicted octanol–water partition coefficient (Wildman–Crippen LogP) is 2.93. The molecule has 1 saturated heterocycles. The van der Waals surface area contributed by atoms with Crippen LogP contribution in [0.25, 0.3) is 0 Å². The minimum Gasteiger partial charge on any atom is -0.457 e. The zero-order valence-electron chi connectivity index (χ0n) is 15.5. The summed E-state index contributed by atoms with van der Waals surface area (Å²) in [7, 11) is 0. The second-order valence-corrected chi connectivity index (χ2v) is 7.39. The van der Waals surface area contributed by atoms with E-state index in [0.717, 1.165) is 41.3 Å². The number of benzene rings is 2. The smallest absolute Gasteiger partial charge is 0.240 e. The van der Waals surface area contributed by atoms with Crippen LogP contribution in [0, 0.1) is 0 Å². The highest BCUT2D eigenvalue weighted by atomic mass is 16.5. The Morgan fingerprint density at radius 2 is 1.79 bits per heavy atom. The van der Waals surface area contributed by atoms with E-state index in [2.05, 4.69) is 27.0 Å². The number of hydrogen-bond acceptors (Lipinski definition) is 4. The molecule has 0 spiro atoms. The van der Waals surface area contributed by atoms with Crippen LogP contribution in [0.3, 0.4) is 0 Å². The van der Waals surface area contributed by atoms with E-state index in [4.69, 9.17) is 4.74 Å². The summed E-state index contributed by atoms with van der Waals surface area (Å²) in [5.74, 6) is 1.75. The van der Waals surface area contributed by atoms with Crippen molar-refractivity contribution in [2.45, 2.75) is 32.1 Å². The molecule has 6 bridgehead atoms. The summed E-state index contributed by atoms with van der Waals surface area (Å²) < 4.78 is 8.20. The summed E-state index contributed by atoms with van der Waals surface area (Å²) in [5.41, 5.74) is 3.28. The van der Waals surface area contributed by atoms with Crippen molar-refractivity contribution in [1.82, 2.24) is 19.8 Å². The van der Waals surface area contributed by atoms with Crippen LogP contribution in [0.5, 0.6) is 11.5 Å². The van der Waals surface area contributed by atoms with Gasteiger partial charge in [-0.2, -0.15) is 0 Å². The van der Waals surface area contributed by atoms with Gasteiger partial charge in [0.2, 0.25) is 5.91 Å². The first-order valence-electron chi connectivity index (χ1n) is 9.61. The van der Waals surface area contributed by atoms with Gasteiger partial charge >= 0.3 is 0 Å². The van der Waals surface area contributed by atoms with Gasteiger partial charge in [-0.25, -0.2) is 4.98 Å². The monoisotopic (exact) mass is 374 g/mol. The molecule has 1 amide bonds. The highest BCUT2D eigenvalue weighted by Crippen LogP contribution is 2.25. The van der Waals surface area contributed by atoms with Crippen molar-refractivity contribution in [3.8, 4) is 11.5 Å². The van der Waals surface area contributed by atoms with Crippen LogP contribution in [0.2, 0.25) is 0 Å². The summed E-state index contributed by atoms with van der Waals surface area (Å²) in [6.45, 7) is 2.70. The average molecular weight is 374 g/mol. The zero-order chi connectivity index (χ0) is 18.9. The molecule has 0 aliphatic carbocycles. The molecule has 3 aromatic rings. The third-order valence-electron chi connectivity index (χ3n) is 5.38. The van der Waals surface area contributed by atoms with Crippen LogP contribution in [0.4, 0.5) is 0 Å². The van der Waals surface area contributed by atoms with E-state index in [-0.39, 0.29) is 11.9 Å². The van der Waals surface area contributed by atoms with E-state index in [1.54, 1.807) is 0 Å². The molecule has 2 aliphatic heterocycles. The highest BCUT2D eigenvalue weighted by Gasteiger charge is 2.31. The van der Waals surface area contributed by atoms with Crippen molar-refractivity contribution < 1.29 is 9.53 Å². The van der Waals surface area contributed by atoms with Gasteiger partial charge in [0.15, 0.2) is 0 Å². The lowest BCUT2D eigenvalue weighted by Gasteiger charge is -2.18. The lowest BCUT2D eigenvalue weighted by atomic mass is 10.2. The van der Waals surface area contributed by atoms with Crippen molar-refractivity contribution in [3.05, 3.63) is 77.9 Å². The van der Waals surface area contributed by atoms with Crippen molar-refractivity contribution in [2.24, 2.45) is 0 Å². The minimum atomic E-state index is -0.140. The van der Waals surface area contributed by atoms with Crippen molar-refractivity contribution in [2.75, 3.05) is 6.54 Å². The number of carbonyl (C=O) groups is 1. The molecule has 1 aromatic heterocycles. The SMILES string of the molecule is O=C1[C@H]2CCN1Cc1cccc(c1)Oc1cccc(c1)Cn1cncc1CN2. The van der Waals surface area contributed by atoms with E-state index in [1.807, 2.05) is 53.8 Å². The zero-order valence-corrected chi connectivity index (χ0v) is 15.5. The van der Waals surface area contributed by atoms with Gasteiger partial charge in [-0.15, -0.1) is 0 Å². The number of imidazole rings is 1. The molecular weight excluding hydrogens is 352 g/mol. The summed E-state index contributed by atoms with van der Waals surface area (Å²) in [4.78, 5) is 19.0. The number of rotatable bonds is 0. The molecule has 28 heavy (non-hydrogen) atoms. The van der Waals surface area contributed by atoms with Gasteiger partial charge in [-0.3, -0.25) is 4.79 Å². The average Bonchev–Trinajstić information content (AvgIpc) is 3.27. The summed E-state index contributed by atoms with van der Waals surface area (Å²) in [6, 6.07) is 16.0. The van der Waals surface area contributed by atoms with E-state index in [1.165, 1.54) is 0 Å². The van der Waals surface area contributed by atoms with Gasteiger partial charge in [-0.1, -0.05) is 24.3 Å². The quantitative estimate of drug-likeness (QED) is 0.657. The maximum Gasteiger partial charge on any atom is 0.240 e. The van der Waals surface area contributed by atoms with Crippen LogP contribution >= 0.6 is 0 Å². The Morgan fingerprint density at radius 1 is 1.04 bits per heavy atom. The van der Waals surface area contributed by atoms with Crippen molar-refractivity contribution in [1.29, 1.82) is 0 Å². The minimum absolute atomic E-state index is 0.140. The molecule has 142 valence electrons. The van der Waals surface area contributed by atoms with Crippen molar-refractivity contribution >= 4 is 5.91 Å². The molecule has 3 heterocycles. The number of nitrogens with zero attached hydrogens (tertiary/aromatic N) is 3. The number of carbonyl (C=O) groups excluding carboxylic acids is 1. The Balaban J connectivity index is 1.51. The van der Waals surface area contributed by atoms with E-state index in [9.17, 15) is 4.79 Å². The topological polar surface area (TPSA) is 59.4 Å². The largest absolute Gasteiger partial charge is 0.457 e. The lowest BCUT2D eigenvalue weighted by molar-refractivity contribution is -0.129. The highest BCUT2D eigenvalue weighted by molar-refractivity contribution is 5.84. The number of ether oxygens (including phenoxy) is 1. The first kappa shape index (κ1) is 17.0. The van der Waals surface area contributed by atoms with E-state index >= 15 is 0 Å². The third kappa shape index (κ3) is 3.39. The molecule has 1 fully saturated rings. The molecule has 6 heteroatoms. The summed E-state index contributed by atoms with van der Waals surface area (Å²) in [5, 5.41) is 3.42. The maximum absolute atomic E-state index is 12.8. The molecule has 2 aliphatic rings. The molecule has 1 N–H and O–H groups in total. The fourth-order valence-corrected chi connectivity index (χ4v) is 3.92. The first-order chi connectivity index (χ1) is 13.7. The predicted molar refractivity (Wildman–Crippen MR) is 105 cm³/mol. The summed E-state index contributed by atoms with van der Waals surface area (Å²) in [6.07, 6.45) is 4.52. The second-order valence-electron chi connectivity index (χ2n) is 7.39.